The van der Waals surface area contributed by atoms with E-state index in [1.165, 1.54) is 13.2 Å². The maximum Gasteiger partial charge on any atom is 0.148 e. The van der Waals surface area contributed by atoms with E-state index >= 15 is 0 Å². The van der Waals surface area contributed by atoms with Crippen LogP contribution in [0.5, 0.6) is 5.75 Å². The SMILES string of the molecule is CCC(C)N(C)CCNc1cc(OC)c(N)cc1F. The number of nitrogens with zero attached hydrogens (tertiary/aromatic N) is 1. The quantitative estimate of drug-likeness (QED) is 0.747. The first-order valence-electron chi connectivity index (χ1n) is 6.56. The van der Waals surface area contributed by atoms with E-state index in [0.717, 1.165) is 13.0 Å². The van der Waals surface area contributed by atoms with Crippen LogP contribution in [-0.2, 0) is 0 Å². The number of halogens is 1. The van der Waals surface area contributed by atoms with Gasteiger partial charge >= 0.3 is 0 Å². The standard InChI is InChI=1S/C14H24FN3O/c1-5-10(2)18(3)7-6-17-13-9-14(19-4)12(16)8-11(13)15/h8-10,17H,5-7,16H2,1-4H3. The number of hydrogen-bond acceptors (Lipinski definition) is 4. The molecule has 0 saturated heterocycles. The van der Waals surface area contributed by atoms with Gasteiger partial charge in [0.15, 0.2) is 0 Å². The lowest BCUT2D eigenvalue weighted by Gasteiger charge is -2.23. The minimum Gasteiger partial charge on any atom is -0.495 e. The van der Waals surface area contributed by atoms with Crippen LogP contribution in [-0.4, -0.2) is 38.2 Å². The molecule has 5 heteroatoms. The molecule has 0 aliphatic rings. The third-order valence-corrected chi connectivity index (χ3v) is 3.44. The maximum atomic E-state index is 13.7. The third-order valence-electron chi connectivity index (χ3n) is 3.44. The van der Waals surface area contributed by atoms with Crippen LogP contribution in [0.2, 0.25) is 0 Å². The van der Waals surface area contributed by atoms with Gasteiger partial charge in [0.25, 0.3) is 0 Å². The number of benzene rings is 1. The molecule has 0 fully saturated rings. The highest BCUT2D eigenvalue weighted by Crippen LogP contribution is 2.27. The van der Waals surface area contributed by atoms with Gasteiger partial charge in [-0.2, -0.15) is 0 Å². The summed E-state index contributed by atoms with van der Waals surface area (Å²) in [4.78, 5) is 2.24. The van der Waals surface area contributed by atoms with Crippen LogP contribution in [0.25, 0.3) is 0 Å². The van der Waals surface area contributed by atoms with E-state index < -0.39 is 0 Å². The Morgan fingerprint density at radius 1 is 1.47 bits per heavy atom. The average molecular weight is 269 g/mol. The lowest BCUT2D eigenvalue weighted by atomic mass is 10.2. The van der Waals surface area contributed by atoms with Crippen molar-refractivity contribution in [3.8, 4) is 5.75 Å². The van der Waals surface area contributed by atoms with Gasteiger partial charge in [0, 0.05) is 31.3 Å². The van der Waals surface area contributed by atoms with E-state index in [-0.39, 0.29) is 5.82 Å². The van der Waals surface area contributed by atoms with E-state index in [4.69, 9.17) is 10.5 Å². The summed E-state index contributed by atoms with van der Waals surface area (Å²) in [7, 11) is 3.58. The number of likely N-dealkylation sites (N-methyl/N-ethyl adjacent to an activating group) is 1. The second-order valence-electron chi connectivity index (χ2n) is 4.74. The summed E-state index contributed by atoms with van der Waals surface area (Å²) in [6, 6.07) is 3.39. The molecule has 1 rings (SSSR count). The van der Waals surface area contributed by atoms with E-state index in [1.807, 2.05) is 0 Å². The molecular weight excluding hydrogens is 245 g/mol. The molecule has 1 aromatic rings. The second-order valence-corrected chi connectivity index (χ2v) is 4.74. The molecule has 1 atom stereocenters. The molecule has 0 aromatic heterocycles. The first-order valence-corrected chi connectivity index (χ1v) is 6.56. The molecule has 0 aliphatic carbocycles. The molecule has 0 amide bonds. The number of nitrogens with two attached hydrogens (primary N) is 1. The van der Waals surface area contributed by atoms with Crippen LogP contribution < -0.4 is 15.8 Å². The number of hydrogen-bond donors (Lipinski definition) is 2. The Morgan fingerprint density at radius 2 is 2.16 bits per heavy atom. The highest BCUT2D eigenvalue weighted by atomic mass is 19.1. The van der Waals surface area contributed by atoms with Crippen LogP contribution in [0.15, 0.2) is 12.1 Å². The molecule has 108 valence electrons. The van der Waals surface area contributed by atoms with Crippen LogP contribution >= 0.6 is 0 Å². The zero-order valence-electron chi connectivity index (χ0n) is 12.2. The molecule has 0 aliphatic heterocycles. The molecule has 0 bridgehead atoms. The van der Waals surface area contributed by atoms with Gasteiger partial charge in [-0.05, 0) is 20.4 Å². The van der Waals surface area contributed by atoms with Crippen molar-refractivity contribution in [2.75, 3.05) is 38.3 Å². The molecular formula is C14H24FN3O. The van der Waals surface area contributed by atoms with Crippen LogP contribution in [0, 0.1) is 5.82 Å². The van der Waals surface area contributed by atoms with Crippen LogP contribution in [0.3, 0.4) is 0 Å². The van der Waals surface area contributed by atoms with Crippen molar-refractivity contribution in [3.05, 3.63) is 17.9 Å². The minimum atomic E-state index is -0.357. The number of ether oxygens (including phenoxy) is 1. The van der Waals surface area contributed by atoms with Gasteiger partial charge < -0.3 is 20.7 Å². The topological polar surface area (TPSA) is 50.5 Å². The number of nitrogens with one attached hydrogen (secondary N) is 1. The highest BCUT2D eigenvalue weighted by molar-refractivity contribution is 5.62. The molecule has 3 N–H and O–H groups in total. The van der Waals surface area contributed by atoms with E-state index in [1.54, 1.807) is 6.07 Å². The first kappa shape index (κ1) is 15.6. The number of nitrogen functional groups attached to an aromatic ring is 1. The Labute approximate surface area is 114 Å². The predicted molar refractivity (Wildman–Crippen MR) is 78.2 cm³/mol. The fourth-order valence-electron chi connectivity index (χ4n) is 1.78. The molecule has 19 heavy (non-hydrogen) atoms. The Kier molecular flexibility index (Phi) is 5.89. The summed E-state index contributed by atoms with van der Waals surface area (Å²) < 4.78 is 18.8. The summed E-state index contributed by atoms with van der Waals surface area (Å²) in [6.45, 7) is 5.85. The lowest BCUT2D eigenvalue weighted by molar-refractivity contribution is 0.261. The zero-order valence-corrected chi connectivity index (χ0v) is 12.2. The Balaban J connectivity index is 2.58. The van der Waals surface area contributed by atoms with Gasteiger partial charge in [-0.15, -0.1) is 0 Å². The molecule has 0 heterocycles. The molecule has 0 saturated carbocycles. The molecule has 1 aromatic carbocycles. The van der Waals surface area contributed by atoms with Crippen molar-refractivity contribution >= 4 is 11.4 Å². The van der Waals surface area contributed by atoms with Gasteiger partial charge in [0.1, 0.15) is 11.6 Å². The van der Waals surface area contributed by atoms with Crippen LogP contribution in [0.4, 0.5) is 15.8 Å². The summed E-state index contributed by atoms with van der Waals surface area (Å²) in [5.41, 5.74) is 6.36. The summed E-state index contributed by atoms with van der Waals surface area (Å²) in [5, 5.41) is 3.07. The highest BCUT2D eigenvalue weighted by Gasteiger charge is 2.09. The van der Waals surface area contributed by atoms with Crippen LogP contribution in [0.1, 0.15) is 20.3 Å². The number of methoxy groups -OCH3 is 1. The summed E-state index contributed by atoms with van der Waals surface area (Å²) in [6.07, 6.45) is 1.10. The number of rotatable bonds is 7. The van der Waals surface area contributed by atoms with Crippen molar-refractivity contribution in [1.29, 1.82) is 0 Å². The van der Waals surface area contributed by atoms with Crippen molar-refractivity contribution in [2.45, 2.75) is 26.3 Å². The maximum absolute atomic E-state index is 13.7. The third kappa shape index (κ3) is 4.28. The fourth-order valence-corrected chi connectivity index (χ4v) is 1.78. The normalized spacial score (nSPS) is 12.5. The molecule has 4 nitrogen and oxygen atoms in total. The monoisotopic (exact) mass is 269 g/mol. The summed E-state index contributed by atoms with van der Waals surface area (Å²) >= 11 is 0. The Morgan fingerprint density at radius 3 is 2.74 bits per heavy atom. The van der Waals surface area contributed by atoms with Gasteiger partial charge in [0.2, 0.25) is 0 Å². The van der Waals surface area contributed by atoms with E-state index in [9.17, 15) is 4.39 Å². The molecule has 0 spiro atoms. The van der Waals surface area contributed by atoms with Gasteiger partial charge in [-0.1, -0.05) is 6.92 Å². The Hall–Kier alpha value is -1.49. The van der Waals surface area contributed by atoms with Gasteiger partial charge in [-0.3, -0.25) is 0 Å². The zero-order chi connectivity index (χ0) is 14.4. The first-order chi connectivity index (χ1) is 8.99. The van der Waals surface area contributed by atoms with Crippen molar-refractivity contribution < 1.29 is 9.13 Å². The molecule has 0 radical (unpaired) electrons. The summed E-state index contributed by atoms with van der Waals surface area (Å²) in [5.74, 6) is 0.128. The smallest absolute Gasteiger partial charge is 0.148 e. The largest absolute Gasteiger partial charge is 0.495 e. The fraction of sp³-hybridized carbons (Fsp3) is 0.571. The Bertz CT molecular complexity index is 412. The van der Waals surface area contributed by atoms with Crippen molar-refractivity contribution in [1.82, 2.24) is 4.90 Å². The number of anilines is 2. The minimum absolute atomic E-state index is 0.308. The van der Waals surface area contributed by atoms with E-state index in [2.05, 4.69) is 31.1 Å². The lowest BCUT2D eigenvalue weighted by Crippen LogP contribution is -2.32. The second kappa shape index (κ2) is 7.19. The molecule has 1 unspecified atom stereocenters. The predicted octanol–water partition coefficient (Wildman–Crippen LogP) is 2.56. The van der Waals surface area contributed by atoms with Crippen molar-refractivity contribution in [3.63, 3.8) is 0 Å². The van der Waals surface area contributed by atoms with Gasteiger partial charge in [0.05, 0.1) is 18.5 Å². The van der Waals surface area contributed by atoms with Gasteiger partial charge in [-0.25, -0.2) is 4.39 Å². The van der Waals surface area contributed by atoms with E-state index in [0.29, 0.717) is 29.7 Å². The van der Waals surface area contributed by atoms with Crippen molar-refractivity contribution in [2.24, 2.45) is 0 Å². The average Bonchev–Trinajstić information content (AvgIpc) is 2.40.